The number of aromatic nitrogens is 3. The molecule has 2 heterocycles. The molecule has 0 saturated carbocycles. The Morgan fingerprint density at radius 1 is 1.04 bits per heavy atom. The maximum absolute atomic E-state index is 12.3. The lowest BCUT2D eigenvalue weighted by molar-refractivity contribution is 0.0603. The maximum atomic E-state index is 12.3. The molecule has 3 N–H and O–H groups in total. The van der Waals surface area contributed by atoms with Crippen LogP contribution in [0.25, 0.3) is 27.9 Å². The number of carbonyl (C=O) groups is 2. The minimum atomic E-state index is -1.03. The molecule has 0 aliphatic heterocycles. The smallest absolute Gasteiger partial charge is 0.343 e. The molecule has 0 fully saturated rings. The summed E-state index contributed by atoms with van der Waals surface area (Å²) in [5, 5.41) is 9.08. The molecule has 2 aromatic heterocycles. The van der Waals surface area contributed by atoms with Crippen molar-refractivity contribution in [1.82, 2.24) is 14.5 Å². The topological polar surface area (TPSA) is 120 Å². The number of hydrogen-bond donors (Lipinski definition) is 2. The van der Waals surface area contributed by atoms with Crippen molar-refractivity contribution in [3.05, 3.63) is 59.7 Å². The van der Waals surface area contributed by atoms with Crippen LogP contribution in [0.5, 0.6) is 0 Å². The van der Waals surface area contributed by atoms with E-state index in [4.69, 9.17) is 15.6 Å². The average Bonchev–Trinajstić information content (AvgIpc) is 2.96. The second-order valence-electron chi connectivity index (χ2n) is 5.82. The number of benzene rings is 2. The summed E-state index contributed by atoms with van der Waals surface area (Å²) in [6.45, 7) is 0. The number of carboxylic acids is 1. The van der Waals surface area contributed by atoms with Gasteiger partial charge >= 0.3 is 11.9 Å². The van der Waals surface area contributed by atoms with Crippen LogP contribution in [0.4, 0.5) is 5.82 Å². The largest absolute Gasteiger partial charge is 0.478 e. The lowest BCUT2D eigenvalue weighted by Crippen LogP contribution is -2.07. The third-order valence-corrected chi connectivity index (χ3v) is 4.26. The highest BCUT2D eigenvalue weighted by Gasteiger charge is 2.25. The van der Waals surface area contributed by atoms with E-state index in [1.807, 2.05) is 12.1 Å². The summed E-state index contributed by atoms with van der Waals surface area (Å²) in [5.74, 6) is -1.54. The van der Waals surface area contributed by atoms with E-state index in [0.29, 0.717) is 27.9 Å². The lowest BCUT2D eigenvalue weighted by Gasteiger charge is -2.08. The molecule has 2 aromatic carbocycles. The minimum Gasteiger partial charge on any atom is -0.478 e. The molecule has 0 amide bonds. The van der Waals surface area contributed by atoms with Crippen LogP contribution in [-0.2, 0) is 4.74 Å². The predicted octanol–water partition coefficient (Wildman–Crippen LogP) is 2.64. The van der Waals surface area contributed by atoms with Gasteiger partial charge in [-0.2, -0.15) is 0 Å². The average molecular weight is 362 g/mol. The fourth-order valence-corrected chi connectivity index (χ4v) is 2.98. The molecule has 4 rings (SSSR count). The number of carbonyl (C=O) groups excluding carboxylic acids is 1. The van der Waals surface area contributed by atoms with Crippen LogP contribution in [0.2, 0.25) is 0 Å². The number of esters is 1. The van der Waals surface area contributed by atoms with E-state index in [9.17, 15) is 9.59 Å². The number of aromatic carboxylic acids is 1. The van der Waals surface area contributed by atoms with Gasteiger partial charge in [0.25, 0.3) is 0 Å². The van der Waals surface area contributed by atoms with Crippen molar-refractivity contribution in [3.8, 4) is 5.69 Å². The fraction of sp³-hybridized carbons (Fsp3) is 0.0526. The van der Waals surface area contributed by atoms with Gasteiger partial charge < -0.3 is 15.6 Å². The Morgan fingerprint density at radius 3 is 2.26 bits per heavy atom. The highest BCUT2D eigenvalue weighted by atomic mass is 16.5. The standard InChI is InChI=1S/C19H14N4O4/c1-27-19(26)14-15-17(22-13-5-3-2-4-12(13)21-15)23(16(14)20)11-8-6-10(7-9-11)18(24)25/h2-9H,20H2,1H3,(H,24,25). The van der Waals surface area contributed by atoms with E-state index in [0.717, 1.165) is 0 Å². The maximum Gasteiger partial charge on any atom is 0.343 e. The summed E-state index contributed by atoms with van der Waals surface area (Å²) in [7, 11) is 1.26. The Balaban J connectivity index is 2.07. The first kappa shape index (κ1) is 16.5. The number of anilines is 1. The van der Waals surface area contributed by atoms with Gasteiger partial charge in [0, 0.05) is 5.69 Å². The van der Waals surface area contributed by atoms with Gasteiger partial charge in [0.15, 0.2) is 5.65 Å². The van der Waals surface area contributed by atoms with Crippen LogP contribution in [0.15, 0.2) is 48.5 Å². The van der Waals surface area contributed by atoms with Crippen LogP contribution in [0, 0.1) is 0 Å². The first-order chi connectivity index (χ1) is 13.0. The molecule has 134 valence electrons. The third-order valence-electron chi connectivity index (χ3n) is 4.26. The summed E-state index contributed by atoms with van der Waals surface area (Å²) in [4.78, 5) is 32.6. The zero-order valence-electron chi connectivity index (χ0n) is 14.2. The Labute approximate surface area is 152 Å². The van der Waals surface area contributed by atoms with E-state index in [2.05, 4.69) is 9.97 Å². The first-order valence-corrected chi connectivity index (χ1v) is 8.00. The summed E-state index contributed by atoms with van der Waals surface area (Å²) >= 11 is 0. The van der Waals surface area contributed by atoms with Gasteiger partial charge in [-0.25, -0.2) is 19.6 Å². The Kier molecular flexibility index (Phi) is 3.73. The number of rotatable bonds is 3. The summed E-state index contributed by atoms with van der Waals surface area (Å²) in [5.41, 5.74) is 9.03. The summed E-state index contributed by atoms with van der Waals surface area (Å²) < 4.78 is 6.42. The third kappa shape index (κ3) is 2.54. The van der Waals surface area contributed by atoms with Gasteiger partial charge in [0.05, 0.1) is 23.7 Å². The van der Waals surface area contributed by atoms with Crippen LogP contribution in [0.1, 0.15) is 20.7 Å². The van der Waals surface area contributed by atoms with Crippen molar-refractivity contribution in [2.75, 3.05) is 12.8 Å². The molecule has 8 nitrogen and oxygen atoms in total. The monoisotopic (exact) mass is 362 g/mol. The van der Waals surface area contributed by atoms with Crippen molar-refractivity contribution in [2.24, 2.45) is 0 Å². The number of nitrogens with two attached hydrogens (primary N) is 1. The van der Waals surface area contributed by atoms with Gasteiger partial charge in [0.1, 0.15) is 16.9 Å². The predicted molar refractivity (Wildman–Crippen MR) is 99.1 cm³/mol. The van der Waals surface area contributed by atoms with Gasteiger partial charge in [-0.3, -0.25) is 4.57 Å². The number of methoxy groups -OCH3 is 1. The van der Waals surface area contributed by atoms with Crippen molar-refractivity contribution in [2.45, 2.75) is 0 Å². The molecule has 0 bridgehead atoms. The molecule has 4 aromatic rings. The molecule has 8 heteroatoms. The molecule has 0 saturated heterocycles. The molecule has 0 radical (unpaired) electrons. The summed E-state index contributed by atoms with van der Waals surface area (Å²) in [6.07, 6.45) is 0. The number of hydrogen-bond acceptors (Lipinski definition) is 6. The zero-order valence-corrected chi connectivity index (χ0v) is 14.2. The lowest BCUT2D eigenvalue weighted by atomic mass is 10.2. The zero-order chi connectivity index (χ0) is 19.1. The van der Waals surface area contributed by atoms with Crippen molar-refractivity contribution in [1.29, 1.82) is 0 Å². The van der Waals surface area contributed by atoms with E-state index in [1.54, 1.807) is 28.8 Å². The van der Waals surface area contributed by atoms with Gasteiger partial charge in [-0.05, 0) is 36.4 Å². The molecule has 0 unspecified atom stereocenters. The van der Waals surface area contributed by atoms with Crippen molar-refractivity contribution >= 4 is 40.0 Å². The number of nitrogens with zero attached hydrogens (tertiary/aromatic N) is 3. The second kappa shape index (κ2) is 6.10. The SMILES string of the molecule is COC(=O)c1c(N)n(-c2ccc(C(=O)O)cc2)c2nc3ccccc3nc12. The summed E-state index contributed by atoms with van der Waals surface area (Å²) in [6, 6.07) is 13.4. The normalized spacial score (nSPS) is 11.0. The first-order valence-electron chi connectivity index (χ1n) is 8.00. The number of ether oxygens (including phenoxy) is 1. The minimum absolute atomic E-state index is 0.119. The number of para-hydroxylation sites is 2. The van der Waals surface area contributed by atoms with Gasteiger partial charge in [-0.1, -0.05) is 12.1 Å². The van der Waals surface area contributed by atoms with Gasteiger partial charge in [0.2, 0.25) is 0 Å². The van der Waals surface area contributed by atoms with E-state index in [-0.39, 0.29) is 16.9 Å². The highest BCUT2D eigenvalue weighted by Crippen LogP contribution is 2.31. The molecular weight excluding hydrogens is 348 g/mol. The fourth-order valence-electron chi connectivity index (χ4n) is 2.98. The quantitative estimate of drug-likeness (QED) is 0.537. The molecular formula is C19H14N4O4. The van der Waals surface area contributed by atoms with Crippen LogP contribution >= 0.6 is 0 Å². The van der Waals surface area contributed by atoms with Crippen LogP contribution in [0.3, 0.4) is 0 Å². The van der Waals surface area contributed by atoms with Crippen molar-refractivity contribution in [3.63, 3.8) is 0 Å². The number of nitrogen functional groups attached to an aromatic ring is 1. The van der Waals surface area contributed by atoms with Gasteiger partial charge in [-0.15, -0.1) is 0 Å². The molecule has 0 atom stereocenters. The Bertz CT molecular complexity index is 1210. The van der Waals surface area contributed by atoms with E-state index >= 15 is 0 Å². The van der Waals surface area contributed by atoms with Crippen molar-refractivity contribution < 1.29 is 19.4 Å². The second-order valence-corrected chi connectivity index (χ2v) is 5.82. The molecule has 0 spiro atoms. The molecule has 0 aliphatic carbocycles. The number of fused-ring (bicyclic) bond motifs is 2. The molecule has 27 heavy (non-hydrogen) atoms. The van der Waals surface area contributed by atoms with E-state index < -0.39 is 11.9 Å². The molecule has 0 aliphatic rings. The van der Waals surface area contributed by atoms with Crippen LogP contribution < -0.4 is 5.73 Å². The Hall–Kier alpha value is -3.94. The Morgan fingerprint density at radius 2 is 1.67 bits per heavy atom. The van der Waals surface area contributed by atoms with E-state index in [1.165, 1.54) is 19.2 Å². The van der Waals surface area contributed by atoms with Crippen LogP contribution in [-0.4, -0.2) is 38.7 Å². The highest BCUT2D eigenvalue weighted by molar-refractivity contribution is 6.09. The number of carboxylic acid groups (broad SMARTS) is 1.